The molecule has 0 N–H and O–H groups in total. The van der Waals surface area contributed by atoms with E-state index in [2.05, 4.69) is 4.98 Å². The molecule has 68 valence electrons. The van der Waals surface area contributed by atoms with Crippen LogP contribution in [0.5, 0.6) is 5.75 Å². The van der Waals surface area contributed by atoms with Gasteiger partial charge < -0.3 is 4.74 Å². The van der Waals surface area contributed by atoms with Gasteiger partial charge in [-0.1, -0.05) is 0 Å². The van der Waals surface area contributed by atoms with Crippen molar-refractivity contribution in [2.75, 3.05) is 7.11 Å². The Bertz CT molecular complexity index is 253. The van der Waals surface area contributed by atoms with Crippen LogP contribution in [0.25, 0.3) is 0 Å². The highest BCUT2D eigenvalue weighted by atomic mass is 35.5. The van der Waals surface area contributed by atoms with Crippen LogP contribution in [0.1, 0.15) is 11.4 Å². The summed E-state index contributed by atoms with van der Waals surface area (Å²) in [7, 11) is 1.61. The van der Waals surface area contributed by atoms with Gasteiger partial charge in [0.15, 0.2) is 0 Å². The number of hydrogen-bond donors (Lipinski definition) is 0. The molecule has 0 unspecified atom stereocenters. The van der Waals surface area contributed by atoms with E-state index >= 15 is 0 Å². The third-order valence-electron chi connectivity index (χ3n) is 1.42. The Morgan fingerprint density at radius 1 is 1.50 bits per heavy atom. The molecule has 2 nitrogen and oxygen atoms in total. The summed E-state index contributed by atoms with van der Waals surface area (Å²) < 4.78 is 5.04. The van der Waals surface area contributed by atoms with E-state index in [9.17, 15) is 0 Å². The van der Waals surface area contributed by atoms with E-state index in [0.29, 0.717) is 5.88 Å². The third-order valence-corrected chi connectivity index (χ3v) is 1.67. The number of pyridine rings is 1. The number of methoxy groups -OCH3 is 1. The smallest absolute Gasteiger partial charge is 0.141 e. The lowest BCUT2D eigenvalue weighted by Crippen LogP contribution is -1.94. The zero-order chi connectivity index (χ0) is 8.27. The van der Waals surface area contributed by atoms with E-state index in [0.717, 1.165) is 17.1 Å². The van der Waals surface area contributed by atoms with Gasteiger partial charge >= 0.3 is 0 Å². The van der Waals surface area contributed by atoms with E-state index < -0.39 is 0 Å². The number of halogens is 2. The fourth-order valence-electron chi connectivity index (χ4n) is 0.879. The number of aromatic nitrogens is 1. The first-order chi connectivity index (χ1) is 5.27. The van der Waals surface area contributed by atoms with Crippen LogP contribution in [0.4, 0.5) is 0 Å². The summed E-state index contributed by atoms with van der Waals surface area (Å²) in [5, 5.41) is 0. The molecule has 1 aromatic heterocycles. The summed E-state index contributed by atoms with van der Waals surface area (Å²) >= 11 is 5.64. The van der Waals surface area contributed by atoms with Gasteiger partial charge in [-0.2, -0.15) is 0 Å². The summed E-state index contributed by atoms with van der Waals surface area (Å²) in [6.45, 7) is 1.93. The molecule has 0 saturated heterocycles. The molecule has 1 heterocycles. The molecule has 4 heteroatoms. The Morgan fingerprint density at radius 3 is 2.67 bits per heavy atom. The SMILES string of the molecule is COc1ccc(C)nc1CCl.Cl. The van der Waals surface area contributed by atoms with Crippen LogP contribution in [0.2, 0.25) is 0 Å². The molecule has 0 fully saturated rings. The molecular weight excluding hydrogens is 197 g/mol. The fourth-order valence-corrected chi connectivity index (χ4v) is 1.07. The molecule has 1 rings (SSSR count). The lowest BCUT2D eigenvalue weighted by Gasteiger charge is -2.04. The minimum atomic E-state index is 0. The lowest BCUT2D eigenvalue weighted by atomic mass is 10.3. The van der Waals surface area contributed by atoms with Crippen molar-refractivity contribution in [2.24, 2.45) is 0 Å². The van der Waals surface area contributed by atoms with Crippen LogP contribution in [0.15, 0.2) is 12.1 Å². The lowest BCUT2D eigenvalue weighted by molar-refractivity contribution is 0.408. The van der Waals surface area contributed by atoms with Gasteiger partial charge in [-0.15, -0.1) is 24.0 Å². The minimum Gasteiger partial charge on any atom is -0.495 e. The van der Waals surface area contributed by atoms with Crippen molar-refractivity contribution in [1.82, 2.24) is 4.98 Å². The topological polar surface area (TPSA) is 22.1 Å². The maximum atomic E-state index is 5.64. The standard InChI is InChI=1S/C8H10ClNO.ClH/c1-6-3-4-8(11-2)7(5-9)10-6;/h3-4H,5H2,1-2H3;1H. The van der Waals surface area contributed by atoms with E-state index in [-0.39, 0.29) is 12.4 Å². The van der Waals surface area contributed by atoms with Crippen molar-refractivity contribution in [2.45, 2.75) is 12.8 Å². The molecule has 0 aliphatic heterocycles. The number of rotatable bonds is 2. The quantitative estimate of drug-likeness (QED) is 0.696. The van der Waals surface area contributed by atoms with Crippen molar-refractivity contribution in [3.05, 3.63) is 23.5 Å². The van der Waals surface area contributed by atoms with Crippen molar-refractivity contribution < 1.29 is 4.74 Å². The van der Waals surface area contributed by atoms with Gasteiger partial charge in [0.2, 0.25) is 0 Å². The Balaban J connectivity index is 0.00000121. The normalized spacial score (nSPS) is 8.92. The number of alkyl halides is 1. The number of hydrogen-bond acceptors (Lipinski definition) is 2. The van der Waals surface area contributed by atoms with Crippen LogP contribution >= 0.6 is 24.0 Å². The van der Waals surface area contributed by atoms with Gasteiger partial charge in [0.1, 0.15) is 5.75 Å². The van der Waals surface area contributed by atoms with Crippen molar-refractivity contribution in [3.8, 4) is 5.75 Å². The molecule has 1 aromatic rings. The number of ether oxygens (including phenoxy) is 1. The zero-order valence-corrected chi connectivity index (χ0v) is 8.58. The highest BCUT2D eigenvalue weighted by molar-refractivity contribution is 6.17. The highest BCUT2D eigenvalue weighted by Gasteiger charge is 2.01. The molecule has 0 bridgehead atoms. The third kappa shape index (κ3) is 2.54. The summed E-state index contributed by atoms with van der Waals surface area (Å²) in [5.74, 6) is 1.15. The van der Waals surface area contributed by atoms with Gasteiger partial charge in [-0.3, -0.25) is 4.98 Å². The highest BCUT2D eigenvalue weighted by Crippen LogP contribution is 2.17. The molecule has 0 saturated carbocycles. The van der Waals surface area contributed by atoms with E-state index in [4.69, 9.17) is 16.3 Å². The second-order valence-corrected chi connectivity index (χ2v) is 2.50. The minimum absolute atomic E-state index is 0. The van der Waals surface area contributed by atoms with Gasteiger partial charge in [-0.05, 0) is 19.1 Å². The molecule has 0 amide bonds. The Kier molecular flexibility index (Phi) is 5.02. The van der Waals surface area contributed by atoms with Crippen LogP contribution in [-0.2, 0) is 5.88 Å². The van der Waals surface area contributed by atoms with E-state index in [1.54, 1.807) is 7.11 Å². The first-order valence-electron chi connectivity index (χ1n) is 3.34. The average Bonchev–Trinajstić information content (AvgIpc) is 2.04. The maximum Gasteiger partial charge on any atom is 0.141 e. The predicted molar refractivity (Wildman–Crippen MR) is 52.3 cm³/mol. The molecule has 0 aliphatic carbocycles. The molecule has 0 radical (unpaired) electrons. The van der Waals surface area contributed by atoms with Gasteiger partial charge in [0, 0.05) is 5.69 Å². The van der Waals surface area contributed by atoms with E-state index in [1.807, 2.05) is 19.1 Å². The van der Waals surface area contributed by atoms with E-state index in [1.165, 1.54) is 0 Å². The Labute approximate surface area is 83.3 Å². The van der Waals surface area contributed by atoms with Crippen molar-refractivity contribution in [1.29, 1.82) is 0 Å². The Hall–Kier alpha value is -0.470. The largest absolute Gasteiger partial charge is 0.495 e. The second kappa shape index (κ2) is 5.22. The summed E-state index contributed by atoms with van der Waals surface area (Å²) in [4.78, 5) is 4.21. The summed E-state index contributed by atoms with van der Waals surface area (Å²) in [6, 6.07) is 3.77. The zero-order valence-electron chi connectivity index (χ0n) is 7.00. The Morgan fingerprint density at radius 2 is 2.17 bits per heavy atom. The monoisotopic (exact) mass is 207 g/mol. The number of aryl methyl sites for hydroxylation is 1. The molecule has 12 heavy (non-hydrogen) atoms. The van der Waals surface area contributed by atoms with Crippen molar-refractivity contribution in [3.63, 3.8) is 0 Å². The second-order valence-electron chi connectivity index (χ2n) is 2.24. The summed E-state index contributed by atoms with van der Waals surface area (Å²) in [5.41, 5.74) is 1.76. The van der Waals surface area contributed by atoms with Gasteiger partial charge in [-0.25, -0.2) is 0 Å². The maximum absolute atomic E-state index is 5.64. The van der Waals surface area contributed by atoms with Crippen LogP contribution in [0.3, 0.4) is 0 Å². The average molecular weight is 208 g/mol. The summed E-state index contributed by atoms with van der Waals surface area (Å²) in [6.07, 6.45) is 0. The van der Waals surface area contributed by atoms with Crippen molar-refractivity contribution >= 4 is 24.0 Å². The predicted octanol–water partition coefficient (Wildman–Crippen LogP) is 2.56. The van der Waals surface area contributed by atoms with Gasteiger partial charge in [0.05, 0.1) is 18.7 Å². The van der Waals surface area contributed by atoms with Crippen LogP contribution < -0.4 is 4.74 Å². The number of nitrogens with zero attached hydrogens (tertiary/aromatic N) is 1. The molecule has 0 aliphatic rings. The molecule has 0 spiro atoms. The van der Waals surface area contributed by atoms with Crippen LogP contribution in [0, 0.1) is 6.92 Å². The molecule has 0 atom stereocenters. The molecular formula is C8H11Cl2NO. The first kappa shape index (κ1) is 11.5. The molecule has 0 aromatic carbocycles. The fraction of sp³-hybridized carbons (Fsp3) is 0.375. The van der Waals surface area contributed by atoms with Crippen LogP contribution in [-0.4, -0.2) is 12.1 Å². The van der Waals surface area contributed by atoms with Gasteiger partial charge in [0.25, 0.3) is 0 Å². The first-order valence-corrected chi connectivity index (χ1v) is 3.88.